The molecule has 0 fully saturated rings. The van der Waals surface area contributed by atoms with Crippen molar-refractivity contribution in [2.45, 2.75) is 37.4 Å². The van der Waals surface area contributed by atoms with E-state index in [1.807, 2.05) is 10.9 Å². The van der Waals surface area contributed by atoms with Gasteiger partial charge < -0.3 is 5.32 Å². The van der Waals surface area contributed by atoms with Crippen LogP contribution in [-0.2, 0) is 11.3 Å². The van der Waals surface area contributed by atoms with Crippen LogP contribution in [0.5, 0.6) is 0 Å². The van der Waals surface area contributed by atoms with Gasteiger partial charge in [0.1, 0.15) is 0 Å². The summed E-state index contributed by atoms with van der Waals surface area (Å²) < 4.78 is 1.85. The second-order valence-corrected chi connectivity index (χ2v) is 5.09. The lowest BCUT2D eigenvalue weighted by molar-refractivity contribution is -0.115. The maximum Gasteiger partial charge on any atom is 0.227 e. The molecule has 0 spiro atoms. The highest BCUT2D eigenvalue weighted by molar-refractivity contribution is 7.98. The molecule has 1 aromatic rings. The number of carbonyl (C=O) groups is 1. The van der Waals surface area contributed by atoms with Crippen molar-refractivity contribution < 1.29 is 4.79 Å². The van der Waals surface area contributed by atoms with E-state index in [4.69, 9.17) is 0 Å². The Bertz CT molecular complexity index is 506. The Morgan fingerprint density at radius 1 is 1.35 bits per heavy atom. The predicted molar refractivity (Wildman–Crippen MR) is 65.9 cm³/mol. The second kappa shape index (κ2) is 4.18. The Hall–Kier alpha value is -1.30. The number of thioether (sulfide) groups is 1. The van der Waals surface area contributed by atoms with Gasteiger partial charge in [-0.3, -0.25) is 4.79 Å². The number of hydrogen-bond acceptors (Lipinski definition) is 5. The summed E-state index contributed by atoms with van der Waals surface area (Å²) in [5.41, 5.74) is 1.95. The highest BCUT2D eigenvalue weighted by Crippen LogP contribution is 2.29. The van der Waals surface area contributed by atoms with Gasteiger partial charge in [0.25, 0.3) is 0 Å². The molecule has 90 valence electrons. The molecule has 1 aromatic heterocycles. The van der Waals surface area contributed by atoms with Crippen molar-refractivity contribution in [3.8, 4) is 0 Å². The van der Waals surface area contributed by atoms with Crippen molar-refractivity contribution in [2.24, 2.45) is 0 Å². The topological polar surface area (TPSA) is 59.8 Å². The first-order valence-corrected chi connectivity index (χ1v) is 7.01. The third-order valence-corrected chi connectivity index (χ3v) is 3.72. The first-order valence-electron chi connectivity index (χ1n) is 5.79. The zero-order valence-corrected chi connectivity index (χ0v) is 10.5. The normalized spacial score (nSPS) is 19.5. The van der Waals surface area contributed by atoms with Gasteiger partial charge in [0.05, 0.1) is 12.2 Å². The minimum atomic E-state index is 0.220. The lowest BCUT2D eigenvalue weighted by atomic mass is 10.1. The number of rotatable bonds is 1. The number of Topliss-reactive ketones (excluding diaryl/α,β-unsaturated/α-hetero) is 1. The molecule has 3 rings (SSSR count). The number of hydrogen-bond donors (Lipinski definition) is 1. The minimum Gasteiger partial charge on any atom is -0.321 e. The second-order valence-electron chi connectivity index (χ2n) is 4.31. The van der Waals surface area contributed by atoms with Crippen LogP contribution in [0.25, 0.3) is 0 Å². The molecule has 0 atom stereocenters. The number of allylic oxidation sites excluding steroid dienone is 2. The van der Waals surface area contributed by atoms with Gasteiger partial charge in [0.2, 0.25) is 11.1 Å². The number of anilines is 1. The molecule has 1 aliphatic carbocycles. The molecule has 5 nitrogen and oxygen atoms in total. The molecular weight excluding hydrogens is 236 g/mol. The van der Waals surface area contributed by atoms with Crippen LogP contribution in [0.2, 0.25) is 0 Å². The molecule has 0 unspecified atom stereocenters. The van der Waals surface area contributed by atoms with Crippen molar-refractivity contribution in [1.82, 2.24) is 14.8 Å². The SMILES string of the molecule is CSc1nc2n(n1)CC1=C(N2)C(=O)CCCC1. The fourth-order valence-corrected chi connectivity index (χ4v) is 2.65. The Labute approximate surface area is 104 Å². The van der Waals surface area contributed by atoms with E-state index in [0.717, 1.165) is 30.1 Å². The molecule has 2 aliphatic rings. The Kier molecular flexibility index (Phi) is 2.66. The van der Waals surface area contributed by atoms with Crippen molar-refractivity contribution in [3.05, 3.63) is 11.3 Å². The highest BCUT2D eigenvalue weighted by Gasteiger charge is 2.26. The average Bonchev–Trinajstić information content (AvgIpc) is 2.66. The van der Waals surface area contributed by atoms with E-state index >= 15 is 0 Å². The first-order chi connectivity index (χ1) is 8.28. The lowest BCUT2D eigenvalue weighted by Gasteiger charge is -2.19. The molecule has 17 heavy (non-hydrogen) atoms. The van der Waals surface area contributed by atoms with Crippen LogP contribution in [0, 0.1) is 0 Å². The summed E-state index contributed by atoms with van der Waals surface area (Å²) >= 11 is 1.51. The van der Waals surface area contributed by atoms with Gasteiger partial charge in [-0.1, -0.05) is 11.8 Å². The molecule has 0 radical (unpaired) electrons. The Balaban J connectivity index is 1.95. The molecular formula is C11H14N4OS. The summed E-state index contributed by atoms with van der Waals surface area (Å²) in [7, 11) is 0. The maximum absolute atomic E-state index is 12.0. The highest BCUT2D eigenvalue weighted by atomic mass is 32.2. The van der Waals surface area contributed by atoms with E-state index in [1.165, 1.54) is 17.3 Å². The fourth-order valence-electron chi connectivity index (χ4n) is 2.29. The monoisotopic (exact) mass is 250 g/mol. The van der Waals surface area contributed by atoms with E-state index in [0.29, 0.717) is 18.9 Å². The number of nitrogens with zero attached hydrogens (tertiary/aromatic N) is 3. The van der Waals surface area contributed by atoms with Crippen LogP contribution in [0.1, 0.15) is 25.7 Å². The van der Waals surface area contributed by atoms with Gasteiger partial charge in [-0.25, -0.2) is 4.68 Å². The molecule has 0 bridgehead atoms. The third-order valence-electron chi connectivity index (χ3n) is 3.18. The average molecular weight is 250 g/mol. The van der Waals surface area contributed by atoms with E-state index in [9.17, 15) is 4.79 Å². The molecule has 2 heterocycles. The molecule has 0 amide bonds. The summed E-state index contributed by atoms with van der Waals surface area (Å²) in [5.74, 6) is 0.917. The van der Waals surface area contributed by atoms with Gasteiger partial charge in [-0.2, -0.15) is 4.98 Å². The van der Waals surface area contributed by atoms with Crippen molar-refractivity contribution >= 4 is 23.5 Å². The smallest absolute Gasteiger partial charge is 0.227 e. The first kappa shape index (κ1) is 10.8. The van der Waals surface area contributed by atoms with E-state index in [1.54, 1.807) is 0 Å². The van der Waals surface area contributed by atoms with Crippen LogP contribution in [0.3, 0.4) is 0 Å². The van der Waals surface area contributed by atoms with E-state index < -0.39 is 0 Å². The van der Waals surface area contributed by atoms with Crippen LogP contribution in [0.15, 0.2) is 16.4 Å². The van der Waals surface area contributed by atoms with E-state index in [2.05, 4.69) is 15.4 Å². The van der Waals surface area contributed by atoms with Gasteiger partial charge in [0.15, 0.2) is 5.78 Å². The van der Waals surface area contributed by atoms with Crippen LogP contribution >= 0.6 is 11.8 Å². The molecule has 1 N–H and O–H groups in total. The largest absolute Gasteiger partial charge is 0.321 e. The Morgan fingerprint density at radius 3 is 3.00 bits per heavy atom. The number of nitrogens with one attached hydrogen (secondary N) is 1. The summed E-state index contributed by atoms with van der Waals surface area (Å²) in [6, 6.07) is 0. The zero-order valence-electron chi connectivity index (χ0n) is 9.69. The third kappa shape index (κ3) is 1.86. The van der Waals surface area contributed by atoms with Gasteiger partial charge in [0, 0.05) is 6.42 Å². The molecule has 6 heteroatoms. The number of carbonyl (C=O) groups excluding carboxylic acids is 1. The summed E-state index contributed by atoms with van der Waals surface area (Å²) in [5, 5.41) is 8.27. The van der Waals surface area contributed by atoms with Crippen LogP contribution in [-0.4, -0.2) is 26.8 Å². The molecule has 1 aliphatic heterocycles. The summed E-state index contributed by atoms with van der Waals surface area (Å²) in [6.07, 6.45) is 5.66. The van der Waals surface area contributed by atoms with Crippen molar-refractivity contribution in [3.63, 3.8) is 0 Å². The molecule has 0 aromatic carbocycles. The summed E-state index contributed by atoms with van der Waals surface area (Å²) in [4.78, 5) is 16.3. The van der Waals surface area contributed by atoms with Crippen LogP contribution < -0.4 is 5.32 Å². The standard InChI is InChI=1S/C11H14N4OS/c1-17-11-13-10-12-9-7(6-15(10)14-11)4-2-3-5-8(9)16/h2-6H2,1H3,(H,12,13,14). The van der Waals surface area contributed by atoms with Crippen molar-refractivity contribution in [1.29, 1.82) is 0 Å². The molecule has 0 saturated carbocycles. The quantitative estimate of drug-likeness (QED) is 0.770. The number of fused-ring (bicyclic) bond motifs is 1. The van der Waals surface area contributed by atoms with Crippen LogP contribution in [0.4, 0.5) is 5.95 Å². The van der Waals surface area contributed by atoms with E-state index in [-0.39, 0.29) is 5.78 Å². The maximum atomic E-state index is 12.0. The van der Waals surface area contributed by atoms with Crippen molar-refractivity contribution in [2.75, 3.05) is 11.6 Å². The molecule has 0 saturated heterocycles. The van der Waals surface area contributed by atoms with Gasteiger partial charge >= 0.3 is 0 Å². The minimum absolute atomic E-state index is 0.220. The number of ketones is 1. The summed E-state index contributed by atoms with van der Waals surface area (Å²) in [6.45, 7) is 0.705. The Morgan fingerprint density at radius 2 is 2.18 bits per heavy atom. The lowest BCUT2D eigenvalue weighted by Crippen LogP contribution is -2.23. The number of aromatic nitrogens is 3. The van der Waals surface area contributed by atoms with Gasteiger partial charge in [-0.15, -0.1) is 5.10 Å². The fraction of sp³-hybridized carbons (Fsp3) is 0.545. The predicted octanol–water partition coefficient (Wildman–Crippen LogP) is 1.82. The zero-order chi connectivity index (χ0) is 11.8. The van der Waals surface area contributed by atoms with Gasteiger partial charge in [-0.05, 0) is 31.1 Å².